The Morgan fingerprint density at radius 1 is 1.45 bits per heavy atom. The molecule has 0 aliphatic rings. The zero-order valence-electron chi connectivity index (χ0n) is 11.0. The van der Waals surface area contributed by atoms with E-state index < -0.39 is 4.92 Å². The average molecular weight is 277 g/mol. The molecule has 1 heterocycles. The van der Waals surface area contributed by atoms with Gasteiger partial charge in [0.25, 0.3) is 5.69 Å². The molecule has 1 aromatic carbocycles. The summed E-state index contributed by atoms with van der Waals surface area (Å²) in [6, 6.07) is 6.27. The standard InChI is InChI=1S/C12H15N5O3/c1-20-6-5-16-11(8-13)14-15-12(16)9-3-2-4-10(7-9)17(18)19/h2-4,7H,5-6,8,13H2,1H3. The van der Waals surface area contributed by atoms with Crippen molar-refractivity contribution in [2.45, 2.75) is 13.1 Å². The predicted molar refractivity (Wildman–Crippen MR) is 71.9 cm³/mol. The van der Waals surface area contributed by atoms with Crippen LogP contribution in [-0.2, 0) is 17.8 Å². The number of nitrogens with zero attached hydrogens (tertiary/aromatic N) is 4. The molecule has 0 spiro atoms. The number of hydrogen-bond acceptors (Lipinski definition) is 6. The Labute approximate surface area is 115 Å². The Kier molecular flexibility index (Phi) is 4.38. The van der Waals surface area contributed by atoms with Gasteiger partial charge in [-0.15, -0.1) is 10.2 Å². The first kappa shape index (κ1) is 14.1. The molecule has 1 aromatic heterocycles. The van der Waals surface area contributed by atoms with E-state index in [1.165, 1.54) is 12.1 Å². The highest BCUT2D eigenvalue weighted by molar-refractivity contribution is 5.59. The first-order valence-electron chi connectivity index (χ1n) is 6.03. The molecule has 0 fully saturated rings. The summed E-state index contributed by atoms with van der Waals surface area (Å²) in [6.45, 7) is 1.26. The maximum absolute atomic E-state index is 10.8. The van der Waals surface area contributed by atoms with Gasteiger partial charge in [0.15, 0.2) is 5.82 Å². The number of nitro groups is 1. The number of benzene rings is 1. The smallest absolute Gasteiger partial charge is 0.270 e. The highest BCUT2D eigenvalue weighted by Gasteiger charge is 2.15. The van der Waals surface area contributed by atoms with Gasteiger partial charge in [-0.05, 0) is 0 Å². The zero-order chi connectivity index (χ0) is 14.5. The molecule has 8 nitrogen and oxygen atoms in total. The molecule has 2 N–H and O–H groups in total. The summed E-state index contributed by atoms with van der Waals surface area (Å²) in [7, 11) is 1.60. The Hall–Kier alpha value is -2.32. The number of non-ortho nitro benzene ring substituents is 1. The van der Waals surface area contributed by atoms with Crippen LogP contribution in [0.2, 0.25) is 0 Å². The van der Waals surface area contributed by atoms with E-state index >= 15 is 0 Å². The van der Waals surface area contributed by atoms with Crippen LogP contribution in [0.4, 0.5) is 5.69 Å². The van der Waals surface area contributed by atoms with E-state index in [4.69, 9.17) is 10.5 Å². The Morgan fingerprint density at radius 3 is 2.90 bits per heavy atom. The van der Waals surface area contributed by atoms with Crippen molar-refractivity contribution in [2.24, 2.45) is 5.73 Å². The number of aromatic nitrogens is 3. The molecule has 106 valence electrons. The molecule has 0 radical (unpaired) electrons. The highest BCUT2D eigenvalue weighted by atomic mass is 16.6. The lowest BCUT2D eigenvalue weighted by Crippen LogP contribution is -2.12. The summed E-state index contributed by atoms with van der Waals surface area (Å²) in [5, 5.41) is 18.9. The van der Waals surface area contributed by atoms with Gasteiger partial charge in [0.2, 0.25) is 0 Å². The third-order valence-corrected chi connectivity index (χ3v) is 2.84. The van der Waals surface area contributed by atoms with Crippen molar-refractivity contribution in [3.63, 3.8) is 0 Å². The van der Waals surface area contributed by atoms with Crippen LogP contribution in [0.5, 0.6) is 0 Å². The van der Waals surface area contributed by atoms with E-state index in [9.17, 15) is 10.1 Å². The first-order valence-corrected chi connectivity index (χ1v) is 6.03. The molecule has 0 unspecified atom stereocenters. The third kappa shape index (κ3) is 2.81. The Balaban J connectivity index is 2.43. The second-order valence-electron chi connectivity index (χ2n) is 4.10. The van der Waals surface area contributed by atoms with Crippen LogP contribution in [0.3, 0.4) is 0 Å². The molecule has 0 atom stereocenters. The van der Waals surface area contributed by atoms with Crippen LogP contribution in [0.15, 0.2) is 24.3 Å². The maximum Gasteiger partial charge on any atom is 0.270 e. The largest absolute Gasteiger partial charge is 0.383 e. The summed E-state index contributed by atoms with van der Waals surface area (Å²) in [4.78, 5) is 10.4. The Morgan fingerprint density at radius 2 is 2.25 bits per heavy atom. The van der Waals surface area contributed by atoms with Crippen LogP contribution in [0.1, 0.15) is 5.82 Å². The van der Waals surface area contributed by atoms with Crippen molar-refractivity contribution >= 4 is 5.69 Å². The van der Waals surface area contributed by atoms with Crippen LogP contribution in [-0.4, -0.2) is 33.4 Å². The summed E-state index contributed by atoms with van der Waals surface area (Å²) < 4.78 is 6.85. The van der Waals surface area contributed by atoms with Gasteiger partial charge in [-0.25, -0.2) is 0 Å². The number of ether oxygens (including phenoxy) is 1. The second kappa shape index (κ2) is 6.22. The fourth-order valence-electron chi connectivity index (χ4n) is 1.88. The lowest BCUT2D eigenvalue weighted by molar-refractivity contribution is -0.384. The van der Waals surface area contributed by atoms with E-state index in [1.54, 1.807) is 19.2 Å². The number of nitro benzene ring substituents is 1. The minimum absolute atomic E-state index is 0.0121. The second-order valence-corrected chi connectivity index (χ2v) is 4.10. The Bertz CT molecular complexity index is 611. The zero-order valence-corrected chi connectivity index (χ0v) is 11.0. The van der Waals surface area contributed by atoms with Crippen LogP contribution < -0.4 is 5.73 Å². The molecule has 0 saturated heterocycles. The molecular formula is C12H15N5O3. The van der Waals surface area contributed by atoms with Gasteiger partial charge in [-0.2, -0.15) is 0 Å². The van der Waals surface area contributed by atoms with Gasteiger partial charge < -0.3 is 15.0 Å². The molecule has 0 amide bonds. The van der Waals surface area contributed by atoms with Crippen LogP contribution in [0, 0.1) is 10.1 Å². The van der Waals surface area contributed by atoms with Gasteiger partial charge in [0, 0.05) is 31.4 Å². The summed E-state index contributed by atoms with van der Waals surface area (Å²) in [5.41, 5.74) is 6.26. The quantitative estimate of drug-likeness (QED) is 0.622. The molecule has 2 aromatic rings. The summed E-state index contributed by atoms with van der Waals surface area (Å²) >= 11 is 0. The van der Waals surface area contributed by atoms with Crippen molar-refractivity contribution in [1.29, 1.82) is 0 Å². The molecule has 0 aliphatic carbocycles. The lowest BCUT2D eigenvalue weighted by atomic mass is 10.2. The van der Waals surface area contributed by atoms with Crippen LogP contribution in [0.25, 0.3) is 11.4 Å². The van der Waals surface area contributed by atoms with Gasteiger partial charge in [0.1, 0.15) is 5.82 Å². The predicted octanol–water partition coefficient (Wildman–Crippen LogP) is 0.958. The minimum atomic E-state index is -0.441. The molecule has 2 rings (SSSR count). The maximum atomic E-state index is 10.8. The third-order valence-electron chi connectivity index (χ3n) is 2.84. The van der Waals surface area contributed by atoms with Crippen molar-refractivity contribution < 1.29 is 9.66 Å². The highest BCUT2D eigenvalue weighted by Crippen LogP contribution is 2.23. The normalized spacial score (nSPS) is 10.7. The van der Waals surface area contributed by atoms with Gasteiger partial charge in [0.05, 0.1) is 18.1 Å². The molecule has 0 aliphatic heterocycles. The summed E-state index contributed by atoms with van der Waals surface area (Å²) in [5.74, 6) is 1.16. The molecule has 20 heavy (non-hydrogen) atoms. The van der Waals surface area contributed by atoms with E-state index in [2.05, 4.69) is 10.2 Å². The van der Waals surface area contributed by atoms with Crippen molar-refractivity contribution in [3.05, 3.63) is 40.2 Å². The molecule has 0 saturated carbocycles. The average Bonchev–Trinajstić information content (AvgIpc) is 2.88. The van der Waals surface area contributed by atoms with Crippen LogP contribution >= 0.6 is 0 Å². The van der Waals surface area contributed by atoms with Gasteiger partial charge in [-0.3, -0.25) is 10.1 Å². The van der Waals surface area contributed by atoms with Crippen molar-refractivity contribution in [1.82, 2.24) is 14.8 Å². The van der Waals surface area contributed by atoms with E-state index in [0.29, 0.717) is 30.4 Å². The summed E-state index contributed by atoms with van der Waals surface area (Å²) in [6.07, 6.45) is 0. The van der Waals surface area contributed by atoms with Crippen molar-refractivity contribution in [2.75, 3.05) is 13.7 Å². The fraction of sp³-hybridized carbons (Fsp3) is 0.333. The number of methoxy groups -OCH3 is 1. The van der Waals surface area contributed by atoms with Gasteiger partial charge in [-0.1, -0.05) is 12.1 Å². The molecule has 8 heteroatoms. The fourth-order valence-corrected chi connectivity index (χ4v) is 1.88. The number of rotatable bonds is 6. The number of hydrogen-bond donors (Lipinski definition) is 1. The topological polar surface area (TPSA) is 109 Å². The number of nitrogens with two attached hydrogens (primary N) is 1. The van der Waals surface area contributed by atoms with Crippen molar-refractivity contribution in [3.8, 4) is 11.4 Å². The van der Waals surface area contributed by atoms with E-state index in [-0.39, 0.29) is 12.2 Å². The first-order chi connectivity index (χ1) is 9.67. The molecule has 0 bridgehead atoms. The molecular weight excluding hydrogens is 262 g/mol. The van der Waals surface area contributed by atoms with E-state index in [1.807, 2.05) is 4.57 Å². The minimum Gasteiger partial charge on any atom is -0.383 e. The monoisotopic (exact) mass is 277 g/mol. The van der Waals surface area contributed by atoms with Gasteiger partial charge >= 0.3 is 0 Å². The van der Waals surface area contributed by atoms with E-state index in [0.717, 1.165) is 0 Å². The lowest BCUT2D eigenvalue weighted by Gasteiger charge is -2.08. The SMILES string of the molecule is COCCn1c(CN)nnc1-c1cccc([N+](=O)[O-])c1.